The van der Waals surface area contributed by atoms with Crippen molar-refractivity contribution in [2.24, 2.45) is 0 Å². The summed E-state index contributed by atoms with van der Waals surface area (Å²) in [4.78, 5) is 13.2. The Balaban J connectivity index is 1.64. The van der Waals surface area contributed by atoms with E-state index in [-0.39, 0.29) is 0 Å². The topological polar surface area (TPSA) is 80.6 Å². The quantitative estimate of drug-likeness (QED) is 0.385. The molecule has 0 aliphatic heterocycles. The van der Waals surface area contributed by atoms with Gasteiger partial charge in [-0.1, -0.05) is 18.2 Å². The number of anilines is 2. The van der Waals surface area contributed by atoms with Crippen LogP contribution in [0.5, 0.6) is 5.75 Å². The van der Waals surface area contributed by atoms with Gasteiger partial charge in [0.25, 0.3) is 0 Å². The summed E-state index contributed by atoms with van der Waals surface area (Å²) in [5, 5.41) is 5.04. The Hall–Kier alpha value is -3.52. The van der Waals surface area contributed by atoms with E-state index in [0.29, 0.717) is 23.7 Å². The van der Waals surface area contributed by atoms with E-state index in [2.05, 4.69) is 28.9 Å². The third-order valence-electron chi connectivity index (χ3n) is 5.85. The molecule has 0 unspecified atom stereocenters. The number of carbonyl (C=O) groups excluding carboxylic acids is 1. The molecule has 0 spiro atoms. The number of benzene rings is 3. The Morgan fingerprint density at radius 1 is 1.00 bits per heavy atom. The number of rotatable bonds is 8. The minimum atomic E-state index is -3.71. The monoisotopic (exact) mass is 479 g/mol. The third-order valence-corrected chi connectivity index (χ3v) is 7.09. The first-order valence-corrected chi connectivity index (χ1v) is 13.1. The van der Waals surface area contributed by atoms with Gasteiger partial charge in [-0.25, -0.2) is 8.42 Å². The van der Waals surface area contributed by atoms with E-state index in [1.54, 1.807) is 31.2 Å². The summed E-state index contributed by atoms with van der Waals surface area (Å²) in [6, 6.07) is 19.6. The Morgan fingerprint density at radius 3 is 2.32 bits per heavy atom. The molecule has 3 aromatic carbocycles. The highest BCUT2D eigenvalue weighted by atomic mass is 32.2. The largest absolute Gasteiger partial charge is 0.494 e. The van der Waals surface area contributed by atoms with Crippen molar-refractivity contribution in [2.75, 3.05) is 22.5 Å². The molecule has 1 amide bonds. The van der Waals surface area contributed by atoms with E-state index in [0.717, 1.165) is 38.9 Å². The molecule has 4 aromatic rings. The molecule has 1 N–H and O–H groups in total. The zero-order valence-electron chi connectivity index (χ0n) is 19.8. The maximum absolute atomic E-state index is 13.2. The number of amides is 1. The lowest BCUT2D eigenvalue weighted by molar-refractivity contribution is -0.116. The second-order valence-electron chi connectivity index (χ2n) is 8.14. The predicted octanol–water partition coefficient (Wildman–Crippen LogP) is 5.01. The van der Waals surface area contributed by atoms with Crippen LogP contribution in [0.15, 0.2) is 66.7 Å². The molecular formula is C26H29N3O4S. The van der Waals surface area contributed by atoms with Gasteiger partial charge < -0.3 is 14.6 Å². The van der Waals surface area contributed by atoms with Gasteiger partial charge in [-0.3, -0.25) is 9.10 Å². The third kappa shape index (κ3) is 4.46. The molecule has 0 saturated heterocycles. The number of fused-ring (bicyclic) bond motifs is 3. The van der Waals surface area contributed by atoms with Crippen LogP contribution in [0.4, 0.5) is 11.4 Å². The number of aromatic nitrogens is 1. The number of para-hydroxylation sites is 1. The van der Waals surface area contributed by atoms with E-state index in [1.165, 1.54) is 0 Å². The summed E-state index contributed by atoms with van der Waals surface area (Å²) in [6.07, 6.45) is 1.10. The number of nitrogens with zero attached hydrogens (tertiary/aromatic N) is 2. The zero-order valence-corrected chi connectivity index (χ0v) is 20.6. The smallest absolute Gasteiger partial charge is 0.247 e. The first-order valence-electron chi connectivity index (χ1n) is 11.3. The van der Waals surface area contributed by atoms with Gasteiger partial charge in [-0.05, 0) is 69.3 Å². The highest BCUT2D eigenvalue weighted by Gasteiger charge is 2.29. The summed E-state index contributed by atoms with van der Waals surface area (Å²) in [5.41, 5.74) is 3.23. The Bertz CT molecular complexity index is 1440. The molecule has 0 saturated carbocycles. The number of aryl methyl sites for hydroxylation is 1. The van der Waals surface area contributed by atoms with Crippen molar-refractivity contribution in [1.29, 1.82) is 0 Å². The number of hydrogen-bond acceptors (Lipinski definition) is 4. The average molecular weight is 480 g/mol. The fourth-order valence-corrected chi connectivity index (χ4v) is 5.56. The van der Waals surface area contributed by atoms with Gasteiger partial charge in [-0.2, -0.15) is 0 Å². The molecule has 0 aliphatic rings. The Labute approximate surface area is 200 Å². The lowest BCUT2D eigenvalue weighted by Crippen LogP contribution is -2.45. The lowest BCUT2D eigenvalue weighted by atomic mass is 10.1. The molecule has 1 heterocycles. The maximum Gasteiger partial charge on any atom is 0.247 e. The first kappa shape index (κ1) is 23.6. The van der Waals surface area contributed by atoms with E-state index < -0.39 is 22.0 Å². The second-order valence-corrected chi connectivity index (χ2v) is 10.0. The highest BCUT2D eigenvalue weighted by molar-refractivity contribution is 7.92. The standard InChI is InChI=1S/C26H29N3O4S/c1-5-28-24-10-8-7-9-22(24)23-17-19(11-16-25(23)28)27-26(30)18(3)29(34(4,31)32)20-12-14-21(15-13-20)33-6-2/h7-18H,5-6H2,1-4H3,(H,27,30)/t18-/m0/s1. The summed E-state index contributed by atoms with van der Waals surface area (Å²) in [6.45, 7) is 6.89. The second kappa shape index (κ2) is 9.38. The maximum atomic E-state index is 13.2. The summed E-state index contributed by atoms with van der Waals surface area (Å²) in [7, 11) is -3.71. The van der Waals surface area contributed by atoms with Gasteiger partial charge in [-0.15, -0.1) is 0 Å². The SMILES string of the molecule is CCOc1ccc(N([C@@H](C)C(=O)Nc2ccc3c(c2)c2ccccc2n3CC)S(C)(=O)=O)cc1. The summed E-state index contributed by atoms with van der Waals surface area (Å²) in [5.74, 6) is 0.217. The lowest BCUT2D eigenvalue weighted by Gasteiger charge is -2.28. The van der Waals surface area contributed by atoms with Crippen LogP contribution >= 0.6 is 0 Å². The zero-order chi connectivity index (χ0) is 24.5. The van der Waals surface area contributed by atoms with E-state index >= 15 is 0 Å². The fourth-order valence-electron chi connectivity index (χ4n) is 4.38. The van der Waals surface area contributed by atoms with Crippen molar-refractivity contribution >= 4 is 49.1 Å². The average Bonchev–Trinajstić information content (AvgIpc) is 3.12. The number of sulfonamides is 1. The van der Waals surface area contributed by atoms with Crippen LogP contribution in [0.2, 0.25) is 0 Å². The van der Waals surface area contributed by atoms with Crippen LogP contribution in [0.1, 0.15) is 20.8 Å². The molecule has 1 aromatic heterocycles. The fraction of sp³-hybridized carbons (Fsp3) is 0.269. The van der Waals surface area contributed by atoms with Crippen molar-refractivity contribution in [2.45, 2.75) is 33.4 Å². The number of hydrogen-bond donors (Lipinski definition) is 1. The van der Waals surface area contributed by atoms with Gasteiger partial charge in [0.2, 0.25) is 15.9 Å². The number of nitrogens with one attached hydrogen (secondary N) is 1. The van der Waals surface area contributed by atoms with Crippen LogP contribution < -0.4 is 14.4 Å². The minimum absolute atomic E-state index is 0.398. The molecule has 0 radical (unpaired) electrons. The van der Waals surface area contributed by atoms with Crippen LogP contribution in [-0.2, 0) is 21.4 Å². The van der Waals surface area contributed by atoms with Gasteiger partial charge in [0.15, 0.2) is 0 Å². The minimum Gasteiger partial charge on any atom is -0.494 e. The van der Waals surface area contributed by atoms with Gasteiger partial charge in [0.1, 0.15) is 11.8 Å². The van der Waals surface area contributed by atoms with Gasteiger partial charge >= 0.3 is 0 Å². The Kier molecular flexibility index (Phi) is 6.52. The normalized spacial score (nSPS) is 12.6. The van der Waals surface area contributed by atoms with Gasteiger partial charge in [0.05, 0.1) is 18.6 Å². The number of carbonyl (C=O) groups is 1. The predicted molar refractivity (Wildman–Crippen MR) is 138 cm³/mol. The highest BCUT2D eigenvalue weighted by Crippen LogP contribution is 2.31. The summed E-state index contributed by atoms with van der Waals surface area (Å²) < 4.78 is 34.0. The molecule has 1 atom stereocenters. The molecule has 4 rings (SSSR count). The van der Waals surface area contributed by atoms with Crippen molar-refractivity contribution in [3.8, 4) is 5.75 Å². The molecule has 0 aliphatic carbocycles. The van der Waals surface area contributed by atoms with Crippen LogP contribution in [-0.4, -0.2) is 37.8 Å². The molecule has 7 nitrogen and oxygen atoms in total. The molecule has 8 heteroatoms. The Morgan fingerprint density at radius 2 is 1.68 bits per heavy atom. The van der Waals surface area contributed by atoms with Gasteiger partial charge in [0, 0.05) is 34.0 Å². The first-order chi connectivity index (χ1) is 16.2. The molecule has 34 heavy (non-hydrogen) atoms. The van der Waals surface area contributed by atoms with Crippen LogP contribution in [0.3, 0.4) is 0 Å². The molecule has 0 bridgehead atoms. The van der Waals surface area contributed by atoms with Crippen molar-refractivity contribution in [3.05, 3.63) is 66.7 Å². The number of ether oxygens (including phenoxy) is 1. The van der Waals surface area contributed by atoms with E-state index in [9.17, 15) is 13.2 Å². The molecule has 178 valence electrons. The van der Waals surface area contributed by atoms with E-state index in [1.807, 2.05) is 37.3 Å². The van der Waals surface area contributed by atoms with Crippen molar-refractivity contribution in [3.63, 3.8) is 0 Å². The van der Waals surface area contributed by atoms with E-state index in [4.69, 9.17) is 4.74 Å². The molecular weight excluding hydrogens is 450 g/mol. The molecule has 0 fully saturated rings. The van der Waals surface area contributed by atoms with Crippen molar-refractivity contribution < 1.29 is 17.9 Å². The summed E-state index contributed by atoms with van der Waals surface area (Å²) >= 11 is 0. The van der Waals surface area contributed by atoms with Crippen LogP contribution in [0.25, 0.3) is 21.8 Å². The van der Waals surface area contributed by atoms with Crippen LogP contribution in [0, 0.1) is 0 Å². The van der Waals surface area contributed by atoms with Crippen molar-refractivity contribution in [1.82, 2.24) is 4.57 Å².